The number of Topliss-reactive ketones (excluding diaryl/α,β-unsaturated/α-hetero) is 2. The van der Waals surface area contributed by atoms with Gasteiger partial charge in [0.15, 0.2) is 0 Å². The van der Waals surface area contributed by atoms with Crippen LogP contribution in [0.3, 0.4) is 0 Å². The van der Waals surface area contributed by atoms with Crippen LogP contribution >= 0.6 is 0 Å². The van der Waals surface area contributed by atoms with Gasteiger partial charge in [-0.15, -0.1) is 0 Å². The van der Waals surface area contributed by atoms with E-state index in [0.29, 0.717) is 6.42 Å². The van der Waals surface area contributed by atoms with Crippen molar-refractivity contribution in [3.05, 3.63) is 0 Å². The highest BCUT2D eigenvalue weighted by Crippen LogP contribution is 2.01. The molecule has 2 unspecified atom stereocenters. The van der Waals surface area contributed by atoms with Crippen molar-refractivity contribution in [2.45, 2.75) is 118 Å². The number of unbranched alkanes of at least 4 members (excludes halogenated alkanes) is 2. The third-order valence-corrected chi connectivity index (χ3v) is 4.30. The molecule has 0 rings (SSSR count). The lowest BCUT2D eigenvalue weighted by Crippen LogP contribution is -2.31. The second-order valence-electron chi connectivity index (χ2n) is 7.88. The zero-order valence-corrected chi connectivity index (χ0v) is 22.0. The zero-order chi connectivity index (χ0) is 30.8. The van der Waals surface area contributed by atoms with Crippen LogP contribution in [0.1, 0.15) is 99.8 Å². The van der Waals surface area contributed by atoms with Crippen molar-refractivity contribution in [3.8, 4) is 0 Å². The van der Waals surface area contributed by atoms with E-state index >= 15 is 0 Å². The molecule has 0 aliphatic heterocycles. The number of aliphatic hydroxyl groups is 1. The van der Waals surface area contributed by atoms with Gasteiger partial charge in [0, 0.05) is 25.3 Å². The Labute approximate surface area is 235 Å². The van der Waals surface area contributed by atoms with Gasteiger partial charge in [-0.05, 0) is 26.2 Å². The Morgan fingerprint density at radius 1 is 0.625 bits per heavy atom. The van der Waals surface area contributed by atoms with E-state index in [2.05, 4.69) is 6.92 Å². The van der Waals surface area contributed by atoms with E-state index in [1.807, 2.05) is 6.92 Å². The fraction of sp³-hybridized carbons (Fsp3) is 0.720. The molecule has 3 atom stereocenters. The van der Waals surface area contributed by atoms with Gasteiger partial charge in [0.2, 0.25) is 11.6 Å². The second-order valence-corrected chi connectivity index (χ2v) is 7.88. The van der Waals surface area contributed by atoms with Crippen LogP contribution < -0.4 is 11.5 Å². The maximum atomic E-state index is 10.3. The summed E-state index contributed by atoms with van der Waals surface area (Å²) < 4.78 is 0. The lowest BCUT2D eigenvalue weighted by Gasteiger charge is -2.12. The van der Waals surface area contributed by atoms with Gasteiger partial charge in [0.05, 0.1) is 12.5 Å². The highest BCUT2D eigenvalue weighted by atomic mass is 16.4. The molecule has 0 amide bonds. The number of nitrogens with two attached hydrogens (primary N) is 2. The molecule has 0 saturated heterocycles. The Balaban J connectivity index is -0.0000000949. The van der Waals surface area contributed by atoms with Crippen LogP contribution in [0.4, 0.5) is 0 Å². The first-order valence-corrected chi connectivity index (χ1v) is 11.8. The van der Waals surface area contributed by atoms with Crippen molar-refractivity contribution in [2.75, 3.05) is 0 Å². The molecule has 0 radical (unpaired) electrons. The summed E-state index contributed by atoms with van der Waals surface area (Å²) in [6.07, 6.45) is 3.47. The van der Waals surface area contributed by atoms with Crippen LogP contribution in [0.25, 0.3) is 0 Å². The van der Waals surface area contributed by atoms with Crippen molar-refractivity contribution < 1.29 is 64.2 Å². The maximum absolute atomic E-state index is 10.3. The van der Waals surface area contributed by atoms with Gasteiger partial charge in [-0.25, -0.2) is 9.59 Å². The average molecular weight is 587 g/mol. The minimum absolute atomic E-state index is 0. The van der Waals surface area contributed by atoms with Gasteiger partial charge in [-0.3, -0.25) is 24.0 Å². The normalized spacial score (nSPS) is 11.2. The molecule has 0 aromatic rings. The van der Waals surface area contributed by atoms with E-state index in [9.17, 15) is 33.6 Å². The lowest BCUT2D eigenvalue weighted by molar-refractivity contribution is -0.150. The number of aliphatic hydroxyl groups excluding tert-OH is 1. The fourth-order valence-electron chi connectivity index (χ4n) is 1.86. The van der Waals surface area contributed by atoms with Gasteiger partial charge < -0.3 is 42.1 Å². The van der Waals surface area contributed by atoms with Gasteiger partial charge >= 0.3 is 29.8 Å². The van der Waals surface area contributed by atoms with Crippen LogP contribution in [-0.2, 0) is 33.6 Å². The number of carbonyl (C=O) groups excluding carboxylic acids is 2. The van der Waals surface area contributed by atoms with Crippen LogP contribution in [0, 0.1) is 0 Å². The molecule has 0 aromatic carbocycles. The number of carbonyl (C=O) groups is 7. The van der Waals surface area contributed by atoms with Gasteiger partial charge in [-0.1, -0.05) is 48.0 Å². The molecule has 0 spiro atoms. The number of hydrogen-bond acceptors (Lipinski definition) is 10. The Hall–Kier alpha value is -3.43. The van der Waals surface area contributed by atoms with Crippen molar-refractivity contribution in [2.24, 2.45) is 11.5 Å². The Morgan fingerprint density at radius 3 is 1.32 bits per heavy atom. The summed E-state index contributed by atoms with van der Waals surface area (Å²) in [7, 11) is 0. The lowest BCUT2D eigenvalue weighted by atomic mass is 10.1. The third-order valence-electron chi connectivity index (χ3n) is 4.30. The first-order valence-electron chi connectivity index (χ1n) is 11.8. The summed E-state index contributed by atoms with van der Waals surface area (Å²) >= 11 is 0. The minimum Gasteiger partial charge on any atom is -0.481 e. The van der Waals surface area contributed by atoms with E-state index in [1.165, 1.54) is 0 Å². The summed E-state index contributed by atoms with van der Waals surface area (Å²) in [4.78, 5) is 69.8. The molecular weight excluding hydrogens is 536 g/mol. The molecule has 0 aliphatic rings. The Bertz CT molecular complexity index is 740. The quantitative estimate of drug-likeness (QED) is 0.119. The first-order chi connectivity index (χ1) is 17.4. The molecule has 0 aromatic heterocycles. The Morgan fingerprint density at radius 2 is 1.02 bits per heavy atom. The summed E-state index contributed by atoms with van der Waals surface area (Å²) in [5.74, 6) is -8.02. The SMILES string of the molecule is C.C.CCCCC(=O)C(=O)O.CCCCC(N)[C@H](C)O.NC(CCC(=O)O)C(=O)O.O=C(O)CCC(=O)C(=O)O. The Kier molecular flexibility index (Phi) is 39.3. The highest BCUT2D eigenvalue weighted by Gasteiger charge is 2.13. The van der Waals surface area contributed by atoms with Crippen molar-refractivity contribution in [1.29, 1.82) is 0 Å². The number of aliphatic carboxylic acids is 5. The van der Waals surface area contributed by atoms with Crippen molar-refractivity contribution in [1.82, 2.24) is 0 Å². The van der Waals surface area contributed by atoms with Crippen LogP contribution in [0.5, 0.6) is 0 Å². The predicted molar refractivity (Wildman–Crippen MR) is 147 cm³/mol. The van der Waals surface area contributed by atoms with Crippen molar-refractivity contribution in [3.63, 3.8) is 0 Å². The predicted octanol–water partition coefficient (Wildman–Crippen LogP) is 1.76. The number of rotatable bonds is 16. The molecule has 0 bridgehead atoms. The highest BCUT2D eigenvalue weighted by molar-refractivity contribution is 6.33. The smallest absolute Gasteiger partial charge is 0.372 e. The summed E-state index contributed by atoms with van der Waals surface area (Å²) in [6, 6.07) is -1.08. The van der Waals surface area contributed by atoms with E-state index in [1.54, 1.807) is 6.92 Å². The summed E-state index contributed by atoms with van der Waals surface area (Å²) in [5, 5.41) is 49.2. The van der Waals surface area contributed by atoms with E-state index in [4.69, 9.17) is 42.1 Å². The summed E-state index contributed by atoms with van der Waals surface area (Å²) in [5.41, 5.74) is 10.6. The number of ketones is 2. The molecule has 0 heterocycles. The largest absolute Gasteiger partial charge is 0.481 e. The molecule has 15 heteroatoms. The summed E-state index contributed by atoms with van der Waals surface area (Å²) in [6.45, 7) is 5.77. The van der Waals surface area contributed by atoms with Gasteiger partial charge in [-0.2, -0.15) is 0 Å². The monoisotopic (exact) mass is 586 g/mol. The average Bonchev–Trinajstić information content (AvgIpc) is 2.83. The molecule has 0 saturated carbocycles. The maximum Gasteiger partial charge on any atom is 0.372 e. The second kappa shape index (κ2) is 31.8. The number of carboxylic acid groups (broad SMARTS) is 5. The van der Waals surface area contributed by atoms with Gasteiger partial charge in [0.1, 0.15) is 6.04 Å². The van der Waals surface area contributed by atoms with Crippen LogP contribution in [-0.4, -0.2) is 90.2 Å². The van der Waals surface area contributed by atoms with Gasteiger partial charge in [0.25, 0.3) is 0 Å². The molecule has 0 aliphatic carbocycles. The molecular formula is C25H50N2O13. The zero-order valence-electron chi connectivity index (χ0n) is 22.0. The standard InChI is InChI=1S/C7H17NO.C6H10O3.C5H9NO4.C5H6O5.2CH4/c1-3-4-5-7(8)6(2)9;1-2-3-4-5(7)6(8)9;2*6-3(5(9)10)1-2-4(7)8;;/h6-7,9H,3-5,8H2,1-2H3;2-4H2,1H3,(H,8,9);3H,1-2,6H2,(H,7,8)(H,9,10);1-2H2,(H,7,8)(H,9,10);2*1H4/t6-,7?;;;;;/m0...../s1. The van der Waals surface area contributed by atoms with E-state index in [-0.39, 0.29) is 46.3 Å². The first kappa shape index (κ1) is 49.5. The minimum atomic E-state index is -1.58. The number of hydrogen-bond donors (Lipinski definition) is 8. The topological polar surface area (TPSA) is 293 Å². The van der Waals surface area contributed by atoms with Crippen LogP contribution in [0.15, 0.2) is 0 Å². The third kappa shape index (κ3) is 41.7. The molecule has 0 fully saturated rings. The van der Waals surface area contributed by atoms with Crippen molar-refractivity contribution >= 4 is 41.4 Å². The van der Waals surface area contributed by atoms with E-state index in [0.717, 1.165) is 25.7 Å². The molecule has 238 valence electrons. The number of carboxylic acids is 5. The fourth-order valence-corrected chi connectivity index (χ4v) is 1.86. The molecule has 10 N–H and O–H groups in total. The molecule has 40 heavy (non-hydrogen) atoms. The van der Waals surface area contributed by atoms with Crippen LogP contribution in [0.2, 0.25) is 0 Å². The van der Waals surface area contributed by atoms with E-state index < -0.39 is 60.3 Å². The molecule has 15 nitrogen and oxygen atoms in total.